The third-order valence-electron chi connectivity index (χ3n) is 3.65. The zero-order chi connectivity index (χ0) is 16.2. The van der Waals surface area contributed by atoms with E-state index >= 15 is 0 Å². The van der Waals surface area contributed by atoms with Crippen molar-refractivity contribution in [3.63, 3.8) is 0 Å². The van der Waals surface area contributed by atoms with Crippen LogP contribution in [-0.4, -0.2) is 10.9 Å². The number of hydrogen-bond donors (Lipinski definition) is 1. The topological polar surface area (TPSA) is 55.1 Å². The molecule has 23 heavy (non-hydrogen) atoms. The van der Waals surface area contributed by atoms with Gasteiger partial charge in [-0.15, -0.1) is 0 Å². The summed E-state index contributed by atoms with van der Waals surface area (Å²) in [5, 5.41) is 2.89. The number of oxazole rings is 1. The quantitative estimate of drug-likeness (QED) is 0.788. The van der Waals surface area contributed by atoms with E-state index in [4.69, 9.17) is 4.42 Å². The predicted molar refractivity (Wildman–Crippen MR) is 89.0 cm³/mol. The van der Waals surface area contributed by atoms with Gasteiger partial charge < -0.3 is 9.73 Å². The minimum absolute atomic E-state index is 0.148. The van der Waals surface area contributed by atoms with E-state index in [-0.39, 0.29) is 11.9 Å². The summed E-state index contributed by atoms with van der Waals surface area (Å²) in [6.07, 6.45) is 3.06. The first-order valence-corrected chi connectivity index (χ1v) is 7.51. The van der Waals surface area contributed by atoms with Gasteiger partial charge in [0.05, 0.1) is 6.20 Å². The molecule has 0 fully saturated rings. The summed E-state index contributed by atoms with van der Waals surface area (Å²) >= 11 is 0. The minimum atomic E-state index is -0.278. The molecule has 116 valence electrons. The van der Waals surface area contributed by atoms with Gasteiger partial charge in [0.25, 0.3) is 5.91 Å². The molecular weight excluding hydrogens is 288 g/mol. The van der Waals surface area contributed by atoms with Gasteiger partial charge in [-0.1, -0.05) is 42.0 Å². The van der Waals surface area contributed by atoms with E-state index < -0.39 is 0 Å². The van der Waals surface area contributed by atoms with Crippen LogP contribution in [0, 0.1) is 6.92 Å². The van der Waals surface area contributed by atoms with Gasteiger partial charge in [-0.25, -0.2) is 4.98 Å². The van der Waals surface area contributed by atoms with E-state index in [0.717, 1.165) is 11.1 Å². The second kappa shape index (κ2) is 6.48. The Morgan fingerprint density at radius 1 is 1.13 bits per heavy atom. The van der Waals surface area contributed by atoms with E-state index in [1.807, 2.05) is 37.3 Å². The van der Waals surface area contributed by atoms with E-state index in [1.165, 1.54) is 11.8 Å². The molecule has 1 atom stereocenters. The minimum Gasteiger partial charge on any atom is -0.447 e. The highest BCUT2D eigenvalue weighted by molar-refractivity contribution is 5.95. The maximum atomic E-state index is 12.4. The van der Waals surface area contributed by atoms with E-state index in [9.17, 15) is 4.79 Å². The second-order valence-electron chi connectivity index (χ2n) is 5.52. The number of carbonyl (C=O) groups excluding carboxylic acids is 1. The third-order valence-corrected chi connectivity index (χ3v) is 3.65. The van der Waals surface area contributed by atoms with Crippen LogP contribution in [0.3, 0.4) is 0 Å². The Hall–Kier alpha value is -2.88. The summed E-state index contributed by atoms with van der Waals surface area (Å²) in [5.74, 6) is 0.346. The number of benzene rings is 2. The van der Waals surface area contributed by atoms with Crippen LogP contribution < -0.4 is 5.32 Å². The number of amides is 1. The molecule has 0 saturated carbocycles. The molecule has 0 aliphatic carbocycles. The fraction of sp³-hybridized carbons (Fsp3) is 0.158. The molecule has 1 aromatic heterocycles. The molecule has 2 aromatic carbocycles. The third kappa shape index (κ3) is 3.48. The van der Waals surface area contributed by atoms with Crippen molar-refractivity contribution in [1.82, 2.24) is 10.3 Å². The first-order valence-electron chi connectivity index (χ1n) is 7.51. The highest BCUT2D eigenvalue weighted by Gasteiger charge is 2.15. The second-order valence-corrected chi connectivity index (χ2v) is 5.52. The van der Waals surface area contributed by atoms with Crippen LogP contribution in [0.1, 0.15) is 34.8 Å². The normalized spacial score (nSPS) is 11.9. The number of hydrogen-bond acceptors (Lipinski definition) is 3. The SMILES string of the molecule is Cc1cccc(-c2cccc(C(=O)NC(C)c3ncco3)c2)c1. The van der Waals surface area contributed by atoms with Gasteiger partial charge in [0, 0.05) is 5.56 Å². The average Bonchev–Trinajstić information content (AvgIpc) is 3.09. The summed E-state index contributed by atoms with van der Waals surface area (Å²) in [6.45, 7) is 3.90. The van der Waals surface area contributed by atoms with Crippen molar-refractivity contribution >= 4 is 5.91 Å². The van der Waals surface area contributed by atoms with Crippen LogP contribution >= 0.6 is 0 Å². The number of aromatic nitrogens is 1. The molecule has 0 radical (unpaired) electrons. The molecule has 4 nitrogen and oxygen atoms in total. The standard InChI is InChI=1S/C19H18N2O2/c1-13-5-3-6-15(11-13)16-7-4-8-17(12-16)18(22)21-14(2)19-20-9-10-23-19/h3-12,14H,1-2H3,(H,21,22). The molecule has 3 rings (SSSR count). The first kappa shape index (κ1) is 15.0. The van der Waals surface area contributed by atoms with Crippen molar-refractivity contribution in [2.45, 2.75) is 19.9 Å². The molecule has 3 aromatic rings. The molecule has 0 aliphatic rings. The first-order chi connectivity index (χ1) is 11.1. The molecule has 1 heterocycles. The smallest absolute Gasteiger partial charge is 0.251 e. The fourth-order valence-electron chi connectivity index (χ4n) is 2.45. The maximum Gasteiger partial charge on any atom is 0.251 e. The van der Waals surface area contributed by atoms with Gasteiger partial charge in [-0.2, -0.15) is 0 Å². The highest BCUT2D eigenvalue weighted by Crippen LogP contribution is 2.22. The summed E-state index contributed by atoms with van der Waals surface area (Å²) in [5.41, 5.74) is 3.92. The molecule has 0 bridgehead atoms. The number of rotatable bonds is 4. The summed E-state index contributed by atoms with van der Waals surface area (Å²) in [7, 11) is 0. The molecule has 0 saturated heterocycles. The van der Waals surface area contributed by atoms with Gasteiger partial charge in [-0.05, 0) is 37.1 Å². The van der Waals surface area contributed by atoms with Gasteiger partial charge in [0.15, 0.2) is 0 Å². The molecule has 4 heteroatoms. The Morgan fingerprint density at radius 3 is 2.57 bits per heavy atom. The highest BCUT2D eigenvalue weighted by atomic mass is 16.3. The number of nitrogens with one attached hydrogen (secondary N) is 1. The van der Waals surface area contributed by atoms with Crippen molar-refractivity contribution in [3.8, 4) is 11.1 Å². The lowest BCUT2D eigenvalue weighted by Crippen LogP contribution is -2.26. The van der Waals surface area contributed by atoms with Crippen LogP contribution in [0.2, 0.25) is 0 Å². The lowest BCUT2D eigenvalue weighted by Gasteiger charge is -2.11. The lowest BCUT2D eigenvalue weighted by atomic mass is 10.0. The van der Waals surface area contributed by atoms with Gasteiger partial charge in [0.1, 0.15) is 12.3 Å². The lowest BCUT2D eigenvalue weighted by molar-refractivity contribution is 0.0934. The van der Waals surface area contributed by atoms with E-state index in [1.54, 1.807) is 12.3 Å². The van der Waals surface area contributed by atoms with Crippen molar-refractivity contribution < 1.29 is 9.21 Å². The summed E-state index contributed by atoms with van der Waals surface area (Å²) < 4.78 is 5.21. The largest absolute Gasteiger partial charge is 0.447 e. The van der Waals surface area contributed by atoms with E-state index in [0.29, 0.717) is 11.5 Å². The van der Waals surface area contributed by atoms with Crippen molar-refractivity contribution in [2.75, 3.05) is 0 Å². The summed E-state index contributed by atoms with van der Waals surface area (Å²) in [4.78, 5) is 16.5. The Balaban J connectivity index is 1.80. The zero-order valence-corrected chi connectivity index (χ0v) is 13.1. The van der Waals surface area contributed by atoms with Crippen LogP contribution in [-0.2, 0) is 0 Å². The Morgan fingerprint density at radius 2 is 1.87 bits per heavy atom. The van der Waals surface area contributed by atoms with Gasteiger partial charge >= 0.3 is 0 Å². The van der Waals surface area contributed by atoms with Crippen LogP contribution in [0.25, 0.3) is 11.1 Å². The van der Waals surface area contributed by atoms with Crippen LogP contribution in [0.5, 0.6) is 0 Å². The monoisotopic (exact) mass is 306 g/mol. The molecule has 1 unspecified atom stereocenters. The Kier molecular flexibility index (Phi) is 4.24. The van der Waals surface area contributed by atoms with Crippen molar-refractivity contribution in [1.29, 1.82) is 0 Å². The molecule has 0 spiro atoms. The molecule has 1 amide bonds. The van der Waals surface area contributed by atoms with E-state index in [2.05, 4.69) is 29.4 Å². The van der Waals surface area contributed by atoms with Crippen LogP contribution in [0.4, 0.5) is 0 Å². The van der Waals surface area contributed by atoms with Crippen molar-refractivity contribution in [2.24, 2.45) is 0 Å². The average molecular weight is 306 g/mol. The van der Waals surface area contributed by atoms with Gasteiger partial charge in [-0.3, -0.25) is 4.79 Å². The van der Waals surface area contributed by atoms with Crippen molar-refractivity contribution in [3.05, 3.63) is 78.0 Å². The molecular formula is C19H18N2O2. The Labute approximate surface area is 135 Å². The summed E-state index contributed by atoms with van der Waals surface area (Å²) in [6, 6.07) is 15.5. The number of aryl methyl sites for hydroxylation is 1. The number of carbonyl (C=O) groups is 1. The molecule has 1 N–H and O–H groups in total. The zero-order valence-electron chi connectivity index (χ0n) is 13.1. The maximum absolute atomic E-state index is 12.4. The van der Waals surface area contributed by atoms with Gasteiger partial charge in [0.2, 0.25) is 5.89 Å². The predicted octanol–water partition coefficient (Wildman–Crippen LogP) is 4.14. The Bertz CT molecular complexity index is 810. The number of nitrogens with zero attached hydrogens (tertiary/aromatic N) is 1. The molecule has 0 aliphatic heterocycles. The fourth-order valence-corrected chi connectivity index (χ4v) is 2.45. The van der Waals surface area contributed by atoms with Crippen LogP contribution in [0.15, 0.2) is 65.4 Å².